The Labute approximate surface area is 124 Å². The molecule has 1 atom stereocenters. The highest BCUT2D eigenvalue weighted by Crippen LogP contribution is 2.21. The first kappa shape index (κ1) is 15.9. The number of nitrogens with two attached hydrogens (primary N) is 1. The highest BCUT2D eigenvalue weighted by molar-refractivity contribution is 7.89. The third kappa shape index (κ3) is 4.80. The Balaban J connectivity index is 1.95. The molecule has 0 saturated carbocycles. The van der Waals surface area contributed by atoms with Crippen LogP contribution in [0.1, 0.15) is 17.5 Å². The Morgan fingerprint density at radius 3 is 2.48 bits per heavy atom. The molecule has 1 saturated heterocycles. The van der Waals surface area contributed by atoms with Crippen LogP contribution in [0.5, 0.6) is 0 Å². The van der Waals surface area contributed by atoms with Crippen LogP contribution in [0.25, 0.3) is 0 Å². The Hall–Kier alpha value is -1.44. The third-order valence-electron chi connectivity index (χ3n) is 3.47. The molecular formula is C14H20N2O4S. The van der Waals surface area contributed by atoms with Crippen LogP contribution in [0.3, 0.4) is 0 Å². The molecular weight excluding hydrogens is 292 g/mol. The Morgan fingerprint density at radius 2 is 1.90 bits per heavy atom. The maximum atomic E-state index is 11.9. The van der Waals surface area contributed by atoms with Crippen molar-refractivity contribution in [3.63, 3.8) is 0 Å². The van der Waals surface area contributed by atoms with Gasteiger partial charge in [0.15, 0.2) is 0 Å². The number of methoxy groups -OCH3 is 1. The molecule has 2 rings (SSSR count). The zero-order valence-corrected chi connectivity index (χ0v) is 12.8. The quantitative estimate of drug-likeness (QED) is 0.827. The summed E-state index contributed by atoms with van der Waals surface area (Å²) in [4.78, 5) is 13.6. The van der Waals surface area contributed by atoms with Gasteiger partial charge < -0.3 is 9.64 Å². The lowest BCUT2D eigenvalue weighted by Gasteiger charge is -2.16. The van der Waals surface area contributed by atoms with Crippen molar-refractivity contribution in [2.45, 2.75) is 19.6 Å². The first-order chi connectivity index (χ1) is 9.87. The summed E-state index contributed by atoms with van der Waals surface area (Å²) in [7, 11) is -1.89. The first-order valence-corrected chi connectivity index (χ1v) is 8.44. The van der Waals surface area contributed by atoms with Crippen molar-refractivity contribution in [2.75, 3.05) is 19.4 Å². The molecule has 1 fully saturated rings. The van der Waals surface area contributed by atoms with Gasteiger partial charge in [-0.25, -0.2) is 13.6 Å². The van der Waals surface area contributed by atoms with Crippen LogP contribution in [0.15, 0.2) is 24.3 Å². The number of rotatable bonds is 6. The summed E-state index contributed by atoms with van der Waals surface area (Å²) in [6.45, 7) is 1.49. The van der Waals surface area contributed by atoms with Crippen LogP contribution in [0.4, 0.5) is 0 Å². The molecule has 116 valence electrons. The van der Waals surface area contributed by atoms with Gasteiger partial charge >= 0.3 is 0 Å². The molecule has 1 amide bonds. The molecule has 6 nitrogen and oxygen atoms in total. The smallest absolute Gasteiger partial charge is 0.223 e. The number of nitrogens with zero attached hydrogens (tertiary/aromatic N) is 1. The van der Waals surface area contributed by atoms with E-state index in [0.717, 1.165) is 11.1 Å². The van der Waals surface area contributed by atoms with Gasteiger partial charge in [0.25, 0.3) is 0 Å². The summed E-state index contributed by atoms with van der Waals surface area (Å²) in [5.41, 5.74) is 2.08. The SMILES string of the molecule is COCc1ccc(CN2CC(CS(N)(=O)=O)CC2=O)cc1. The van der Waals surface area contributed by atoms with Crippen LogP contribution in [0.2, 0.25) is 0 Å². The van der Waals surface area contributed by atoms with Gasteiger partial charge in [-0.3, -0.25) is 4.79 Å². The lowest BCUT2D eigenvalue weighted by atomic mass is 10.1. The second-order valence-electron chi connectivity index (χ2n) is 5.42. The molecule has 1 aromatic carbocycles. The summed E-state index contributed by atoms with van der Waals surface area (Å²) in [6, 6.07) is 7.83. The minimum atomic E-state index is -3.53. The van der Waals surface area contributed by atoms with E-state index in [2.05, 4.69) is 0 Å². The van der Waals surface area contributed by atoms with Crippen molar-refractivity contribution in [1.29, 1.82) is 0 Å². The second-order valence-corrected chi connectivity index (χ2v) is 7.08. The lowest BCUT2D eigenvalue weighted by Crippen LogP contribution is -2.27. The lowest BCUT2D eigenvalue weighted by molar-refractivity contribution is -0.128. The number of primary sulfonamides is 1. The van der Waals surface area contributed by atoms with E-state index in [0.29, 0.717) is 19.7 Å². The summed E-state index contributed by atoms with van der Waals surface area (Å²) >= 11 is 0. The van der Waals surface area contributed by atoms with Gasteiger partial charge in [0.2, 0.25) is 15.9 Å². The highest BCUT2D eigenvalue weighted by Gasteiger charge is 2.31. The van der Waals surface area contributed by atoms with Crippen molar-refractivity contribution in [3.05, 3.63) is 35.4 Å². The van der Waals surface area contributed by atoms with Crippen molar-refractivity contribution in [3.8, 4) is 0 Å². The molecule has 0 aliphatic carbocycles. The number of carbonyl (C=O) groups is 1. The number of benzene rings is 1. The minimum absolute atomic E-state index is 0.0235. The average molecular weight is 312 g/mol. The van der Waals surface area contributed by atoms with Crippen LogP contribution in [-0.2, 0) is 32.7 Å². The predicted molar refractivity (Wildman–Crippen MR) is 78.7 cm³/mol. The fourth-order valence-corrected chi connectivity index (χ4v) is 3.46. The van der Waals surface area contributed by atoms with E-state index in [1.807, 2.05) is 24.3 Å². The van der Waals surface area contributed by atoms with Crippen molar-refractivity contribution < 1.29 is 17.9 Å². The molecule has 21 heavy (non-hydrogen) atoms. The molecule has 1 aromatic rings. The maximum Gasteiger partial charge on any atom is 0.223 e. The zero-order valence-electron chi connectivity index (χ0n) is 12.0. The van der Waals surface area contributed by atoms with Crippen molar-refractivity contribution in [2.24, 2.45) is 11.1 Å². The Morgan fingerprint density at radius 1 is 1.29 bits per heavy atom. The van der Waals surface area contributed by atoms with Gasteiger partial charge in [-0.15, -0.1) is 0 Å². The number of likely N-dealkylation sites (tertiary alicyclic amines) is 1. The molecule has 1 heterocycles. The van der Waals surface area contributed by atoms with Gasteiger partial charge in [-0.1, -0.05) is 24.3 Å². The average Bonchev–Trinajstić information content (AvgIpc) is 2.70. The minimum Gasteiger partial charge on any atom is -0.380 e. The van der Waals surface area contributed by atoms with Gasteiger partial charge in [0.1, 0.15) is 0 Å². The first-order valence-electron chi connectivity index (χ1n) is 6.72. The van der Waals surface area contributed by atoms with Gasteiger partial charge in [-0.05, 0) is 11.1 Å². The molecule has 0 radical (unpaired) electrons. The molecule has 0 bridgehead atoms. The van der Waals surface area contributed by atoms with E-state index in [-0.39, 0.29) is 24.0 Å². The Kier molecular flexibility index (Phi) is 4.97. The number of sulfonamides is 1. The standard InChI is InChI=1S/C14H20N2O4S/c1-20-9-12-4-2-11(3-5-12)7-16-8-13(6-14(16)17)10-21(15,18)19/h2-5,13H,6-10H2,1H3,(H2,15,18,19). The highest BCUT2D eigenvalue weighted by atomic mass is 32.2. The summed E-state index contributed by atoms with van der Waals surface area (Å²) in [5, 5.41) is 5.03. The van der Waals surface area contributed by atoms with Crippen LogP contribution < -0.4 is 5.14 Å². The monoisotopic (exact) mass is 312 g/mol. The molecule has 0 aromatic heterocycles. The number of hydrogen-bond acceptors (Lipinski definition) is 4. The predicted octanol–water partition coefficient (Wildman–Crippen LogP) is 0.470. The zero-order chi connectivity index (χ0) is 15.5. The van der Waals surface area contributed by atoms with Crippen molar-refractivity contribution in [1.82, 2.24) is 4.90 Å². The van der Waals surface area contributed by atoms with E-state index in [1.165, 1.54) is 0 Å². The van der Waals surface area contributed by atoms with Crippen LogP contribution in [0, 0.1) is 5.92 Å². The third-order valence-corrected chi connectivity index (χ3v) is 4.41. The van der Waals surface area contributed by atoms with E-state index in [9.17, 15) is 13.2 Å². The fourth-order valence-electron chi connectivity index (χ4n) is 2.57. The van der Waals surface area contributed by atoms with Gasteiger partial charge in [-0.2, -0.15) is 0 Å². The molecule has 1 aliphatic heterocycles. The van der Waals surface area contributed by atoms with E-state index in [4.69, 9.17) is 9.88 Å². The van der Waals surface area contributed by atoms with Gasteiger partial charge in [0, 0.05) is 32.5 Å². The summed E-state index contributed by atoms with van der Waals surface area (Å²) < 4.78 is 27.2. The number of carbonyl (C=O) groups excluding carboxylic acids is 1. The molecule has 7 heteroatoms. The fraction of sp³-hybridized carbons (Fsp3) is 0.500. The van der Waals surface area contributed by atoms with E-state index < -0.39 is 10.0 Å². The number of hydrogen-bond donors (Lipinski definition) is 1. The molecule has 0 spiro atoms. The Bertz CT molecular complexity index is 598. The van der Waals surface area contributed by atoms with E-state index >= 15 is 0 Å². The van der Waals surface area contributed by atoms with Gasteiger partial charge in [0.05, 0.1) is 12.4 Å². The van der Waals surface area contributed by atoms with Crippen molar-refractivity contribution >= 4 is 15.9 Å². The van der Waals surface area contributed by atoms with Crippen LogP contribution >= 0.6 is 0 Å². The molecule has 2 N–H and O–H groups in total. The molecule has 1 aliphatic rings. The number of amides is 1. The normalized spacial score (nSPS) is 19.2. The maximum absolute atomic E-state index is 11.9. The summed E-state index contributed by atoms with van der Waals surface area (Å²) in [6.07, 6.45) is 0.248. The van der Waals surface area contributed by atoms with Crippen LogP contribution in [-0.4, -0.2) is 38.6 Å². The molecule has 1 unspecified atom stereocenters. The second kappa shape index (κ2) is 6.55. The number of ether oxygens (including phenoxy) is 1. The summed E-state index contributed by atoms with van der Waals surface area (Å²) in [5.74, 6) is -0.368. The van der Waals surface area contributed by atoms with E-state index in [1.54, 1.807) is 12.0 Å². The topological polar surface area (TPSA) is 89.7 Å². The largest absolute Gasteiger partial charge is 0.380 e.